The van der Waals surface area contributed by atoms with Crippen LogP contribution >= 0.6 is 45.2 Å². The van der Waals surface area contributed by atoms with Crippen LogP contribution in [0, 0.1) is 0 Å². The fourth-order valence-electron chi connectivity index (χ4n) is 0.838. The summed E-state index contributed by atoms with van der Waals surface area (Å²) in [6.45, 7) is 8.00. The summed E-state index contributed by atoms with van der Waals surface area (Å²) in [5.74, 6) is 0. The topological polar surface area (TPSA) is 26.0 Å². The minimum absolute atomic E-state index is 0.822. The molecule has 1 nitrogen and oxygen atoms in total. The highest BCUT2D eigenvalue weighted by Gasteiger charge is 1.72. The van der Waals surface area contributed by atoms with E-state index >= 15 is 0 Å². The molecule has 0 aliphatic heterocycles. The molecule has 0 fully saturated rings. The molecule has 0 aromatic heterocycles. The molecular formula is C18H31I2N. The number of anilines is 1. The number of nitrogen functional groups attached to an aromatic ring is 1. The Balaban J connectivity index is -0.0000000944. The fraction of sp³-hybridized carbons (Fsp3) is 0.333. The van der Waals surface area contributed by atoms with Crippen LogP contribution < -0.4 is 5.73 Å². The minimum atomic E-state index is 0.822. The lowest BCUT2D eigenvalue weighted by Crippen LogP contribution is -1.79. The van der Waals surface area contributed by atoms with Crippen molar-refractivity contribution in [2.45, 2.75) is 27.7 Å². The normalized spacial score (nSPS) is 6.29. The molecule has 2 N–H and O–H groups in total. The van der Waals surface area contributed by atoms with E-state index in [-0.39, 0.29) is 0 Å². The summed E-state index contributed by atoms with van der Waals surface area (Å²) in [7, 11) is 0. The van der Waals surface area contributed by atoms with Crippen molar-refractivity contribution in [1.82, 2.24) is 0 Å². The van der Waals surface area contributed by atoms with E-state index < -0.39 is 0 Å². The van der Waals surface area contributed by atoms with Crippen LogP contribution in [0.15, 0.2) is 66.7 Å². The molecule has 0 aliphatic rings. The van der Waals surface area contributed by atoms with Crippen molar-refractivity contribution in [1.29, 1.82) is 0 Å². The smallest absolute Gasteiger partial charge is 0.0313 e. The highest BCUT2D eigenvalue weighted by atomic mass is 127. The van der Waals surface area contributed by atoms with Crippen molar-refractivity contribution in [2.24, 2.45) is 0 Å². The number of hydrogen-bond acceptors (Lipinski definition) is 1. The van der Waals surface area contributed by atoms with Gasteiger partial charge in [-0.3, -0.25) is 0 Å². The maximum absolute atomic E-state index is 5.36. The third-order valence-electron chi connectivity index (χ3n) is 1.47. The van der Waals surface area contributed by atoms with Crippen LogP contribution in [-0.2, 0) is 0 Å². The van der Waals surface area contributed by atoms with E-state index in [1.807, 2.05) is 104 Å². The molecule has 2 aromatic rings. The molecular weight excluding hydrogens is 484 g/mol. The Labute approximate surface area is 160 Å². The lowest BCUT2D eigenvalue weighted by molar-refractivity contribution is 1.50. The Morgan fingerprint density at radius 3 is 0.857 bits per heavy atom. The zero-order chi connectivity index (χ0) is 17.4. The highest BCUT2D eigenvalue weighted by Crippen LogP contribution is 1.95. The van der Waals surface area contributed by atoms with Crippen molar-refractivity contribution in [3.05, 3.63) is 66.7 Å². The first-order valence-corrected chi connectivity index (χ1v) is 11.3. The van der Waals surface area contributed by atoms with Gasteiger partial charge in [-0.25, -0.2) is 0 Å². The van der Waals surface area contributed by atoms with E-state index in [0.29, 0.717) is 0 Å². The van der Waals surface area contributed by atoms with Gasteiger partial charge in [-0.2, -0.15) is 0 Å². The molecule has 2 aromatic carbocycles. The third kappa shape index (κ3) is 32.9. The molecule has 122 valence electrons. The molecule has 0 amide bonds. The summed E-state index contributed by atoms with van der Waals surface area (Å²) in [6, 6.07) is 21.5. The van der Waals surface area contributed by atoms with Gasteiger partial charge in [-0.1, -0.05) is 127 Å². The van der Waals surface area contributed by atoms with Crippen molar-refractivity contribution in [3.8, 4) is 0 Å². The predicted molar refractivity (Wildman–Crippen MR) is 120 cm³/mol. The second kappa shape index (κ2) is 36.7. The Kier molecular flexibility index (Phi) is 50.3. The molecule has 0 saturated heterocycles. The average molecular weight is 515 g/mol. The van der Waals surface area contributed by atoms with Crippen molar-refractivity contribution < 1.29 is 0 Å². The first-order valence-electron chi connectivity index (χ1n) is 6.96. The number of para-hydroxylation sites is 1. The van der Waals surface area contributed by atoms with Crippen molar-refractivity contribution >= 4 is 50.9 Å². The van der Waals surface area contributed by atoms with Gasteiger partial charge in [0.2, 0.25) is 0 Å². The monoisotopic (exact) mass is 515 g/mol. The largest absolute Gasteiger partial charge is 0.399 e. The molecule has 0 spiro atoms. The Morgan fingerprint density at radius 1 is 0.524 bits per heavy atom. The van der Waals surface area contributed by atoms with Gasteiger partial charge >= 0.3 is 0 Å². The number of nitrogens with two attached hydrogens (primary N) is 1. The molecule has 0 unspecified atom stereocenters. The summed E-state index contributed by atoms with van der Waals surface area (Å²) in [4.78, 5) is 3.94. The van der Waals surface area contributed by atoms with Gasteiger partial charge in [0.25, 0.3) is 0 Å². The van der Waals surface area contributed by atoms with Crippen LogP contribution in [0.3, 0.4) is 0 Å². The summed E-state index contributed by atoms with van der Waals surface area (Å²) in [6.07, 6.45) is 0. The molecule has 0 atom stereocenters. The zero-order valence-corrected chi connectivity index (χ0v) is 18.5. The van der Waals surface area contributed by atoms with Crippen LogP contribution in [-0.4, -0.2) is 9.86 Å². The van der Waals surface area contributed by atoms with Crippen molar-refractivity contribution in [3.63, 3.8) is 0 Å². The van der Waals surface area contributed by atoms with Gasteiger partial charge in [0.1, 0.15) is 0 Å². The zero-order valence-electron chi connectivity index (χ0n) is 14.2. The van der Waals surface area contributed by atoms with Gasteiger partial charge in [0, 0.05) is 5.69 Å². The van der Waals surface area contributed by atoms with Crippen LogP contribution in [0.4, 0.5) is 5.69 Å². The number of alkyl halides is 2. The van der Waals surface area contributed by atoms with Gasteiger partial charge in [0.15, 0.2) is 0 Å². The second-order valence-electron chi connectivity index (χ2n) is 2.57. The van der Waals surface area contributed by atoms with E-state index in [2.05, 4.69) is 45.2 Å². The number of hydrogen-bond donors (Lipinski definition) is 1. The molecule has 21 heavy (non-hydrogen) atoms. The minimum Gasteiger partial charge on any atom is -0.399 e. The second-order valence-corrected chi connectivity index (χ2v) is 2.57. The van der Waals surface area contributed by atoms with E-state index in [9.17, 15) is 0 Å². The maximum Gasteiger partial charge on any atom is 0.0313 e. The summed E-state index contributed by atoms with van der Waals surface area (Å²) in [5.41, 5.74) is 6.18. The van der Waals surface area contributed by atoms with Crippen molar-refractivity contribution in [2.75, 3.05) is 15.6 Å². The first-order chi connectivity index (χ1) is 10.4. The molecule has 0 aliphatic carbocycles. The van der Waals surface area contributed by atoms with Crippen LogP contribution in [0.2, 0.25) is 0 Å². The number of halogens is 2. The Morgan fingerprint density at radius 2 is 0.714 bits per heavy atom. The molecule has 2 rings (SSSR count). The average Bonchev–Trinajstić information content (AvgIpc) is 2.64. The van der Waals surface area contributed by atoms with Gasteiger partial charge < -0.3 is 5.73 Å². The van der Waals surface area contributed by atoms with Crippen LogP contribution in [0.5, 0.6) is 0 Å². The molecule has 0 heterocycles. The standard InChI is InChI=1S/C6H7N.C6H6.2C2H6.2CH3I/c7-6-4-2-1-3-5-6;1-2-4-6-5-3-1;4*1-2/h1-5H,7H2;1-6H;2*1-2H3;2*1H3. The lowest BCUT2D eigenvalue weighted by atomic mass is 10.3. The van der Waals surface area contributed by atoms with E-state index in [1.165, 1.54) is 0 Å². The third-order valence-corrected chi connectivity index (χ3v) is 1.47. The molecule has 3 heteroatoms. The summed E-state index contributed by atoms with van der Waals surface area (Å²) in [5, 5.41) is 0. The maximum atomic E-state index is 5.36. The predicted octanol–water partition coefficient (Wildman–Crippen LogP) is 7.11. The fourth-order valence-corrected chi connectivity index (χ4v) is 0.838. The van der Waals surface area contributed by atoms with Gasteiger partial charge in [0.05, 0.1) is 0 Å². The molecule has 0 radical (unpaired) electrons. The first kappa shape index (κ1) is 28.8. The van der Waals surface area contributed by atoms with E-state index in [1.54, 1.807) is 0 Å². The number of benzene rings is 2. The Hall–Kier alpha value is -0.300. The lowest BCUT2D eigenvalue weighted by Gasteiger charge is -1.83. The van der Waals surface area contributed by atoms with Gasteiger partial charge in [-0.15, -0.1) is 0 Å². The molecule has 0 bridgehead atoms. The quantitative estimate of drug-likeness (QED) is 0.226. The van der Waals surface area contributed by atoms with Crippen LogP contribution in [0.1, 0.15) is 27.7 Å². The summed E-state index contributed by atoms with van der Waals surface area (Å²) >= 11 is 4.30. The highest BCUT2D eigenvalue weighted by molar-refractivity contribution is 14.1. The van der Waals surface area contributed by atoms with E-state index in [0.717, 1.165) is 5.69 Å². The number of rotatable bonds is 0. The van der Waals surface area contributed by atoms with Crippen LogP contribution in [0.25, 0.3) is 0 Å². The SMILES string of the molecule is CC.CC.CI.CI.Nc1ccccc1.c1ccccc1. The molecule has 0 saturated carbocycles. The summed E-state index contributed by atoms with van der Waals surface area (Å²) < 4.78 is 0. The van der Waals surface area contributed by atoms with E-state index in [4.69, 9.17) is 5.73 Å². The Bertz CT molecular complexity index is 286. The van der Waals surface area contributed by atoms with Gasteiger partial charge in [-0.05, 0) is 22.0 Å².